The highest BCUT2D eigenvalue weighted by Gasteiger charge is 2.24. The molecular formula is C15H19NO5. The minimum Gasteiger partial charge on any atom is -0.496 e. The maximum Gasteiger partial charge on any atom is 0.326 e. The standard InChI is InChI=1S/C15H19NO5/c1-4-5-7-10(15(18)19)16-14(17)13-11(20-2)8-6-9-12(13)21-3/h4-6,8-10H,7H2,1-3H3,(H,16,17)(H,18,19)/b5-4+. The molecule has 0 saturated carbocycles. The molecule has 6 nitrogen and oxygen atoms in total. The summed E-state index contributed by atoms with van der Waals surface area (Å²) >= 11 is 0. The van der Waals surface area contributed by atoms with Crippen molar-refractivity contribution in [3.8, 4) is 11.5 Å². The molecule has 0 spiro atoms. The fourth-order valence-corrected chi connectivity index (χ4v) is 1.80. The van der Waals surface area contributed by atoms with Crippen LogP contribution in [0.5, 0.6) is 11.5 Å². The molecule has 21 heavy (non-hydrogen) atoms. The van der Waals surface area contributed by atoms with Crippen molar-refractivity contribution in [2.75, 3.05) is 14.2 Å². The van der Waals surface area contributed by atoms with E-state index >= 15 is 0 Å². The van der Waals surface area contributed by atoms with Crippen molar-refractivity contribution in [2.24, 2.45) is 0 Å². The fourth-order valence-electron chi connectivity index (χ4n) is 1.80. The van der Waals surface area contributed by atoms with E-state index in [9.17, 15) is 9.59 Å². The Bertz CT molecular complexity index is 517. The molecule has 0 aliphatic heterocycles. The van der Waals surface area contributed by atoms with Crippen LogP contribution in [-0.4, -0.2) is 37.2 Å². The van der Waals surface area contributed by atoms with Gasteiger partial charge < -0.3 is 19.9 Å². The van der Waals surface area contributed by atoms with Crippen LogP contribution in [0.1, 0.15) is 23.7 Å². The number of ether oxygens (including phenoxy) is 2. The summed E-state index contributed by atoms with van der Waals surface area (Å²) in [6, 6.07) is 3.89. The van der Waals surface area contributed by atoms with Crippen LogP contribution >= 0.6 is 0 Å². The molecule has 1 aromatic rings. The van der Waals surface area contributed by atoms with Gasteiger partial charge in [0, 0.05) is 0 Å². The number of hydrogen-bond acceptors (Lipinski definition) is 4. The van der Waals surface area contributed by atoms with Crippen LogP contribution in [0.3, 0.4) is 0 Å². The monoisotopic (exact) mass is 293 g/mol. The number of nitrogens with one attached hydrogen (secondary N) is 1. The number of benzene rings is 1. The maximum absolute atomic E-state index is 12.3. The van der Waals surface area contributed by atoms with E-state index in [0.717, 1.165) is 0 Å². The summed E-state index contributed by atoms with van der Waals surface area (Å²) in [6.07, 6.45) is 3.61. The molecule has 0 bridgehead atoms. The molecule has 0 fully saturated rings. The van der Waals surface area contributed by atoms with Gasteiger partial charge in [-0.05, 0) is 25.5 Å². The summed E-state index contributed by atoms with van der Waals surface area (Å²) in [6.45, 7) is 1.78. The first kappa shape index (κ1) is 16.6. The van der Waals surface area contributed by atoms with E-state index in [1.165, 1.54) is 14.2 Å². The van der Waals surface area contributed by atoms with Crippen molar-refractivity contribution in [2.45, 2.75) is 19.4 Å². The van der Waals surface area contributed by atoms with Gasteiger partial charge in [0.25, 0.3) is 5.91 Å². The van der Waals surface area contributed by atoms with Gasteiger partial charge in [-0.15, -0.1) is 0 Å². The van der Waals surface area contributed by atoms with Gasteiger partial charge >= 0.3 is 5.97 Å². The van der Waals surface area contributed by atoms with Gasteiger partial charge in [0.2, 0.25) is 0 Å². The molecule has 0 heterocycles. The molecule has 0 aliphatic carbocycles. The summed E-state index contributed by atoms with van der Waals surface area (Å²) in [7, 11) is 2.86. The number of aliphatic carboxylic acids is 1. The minimum atomic E-state index is -1.10. The van der Waals surface area contributed by atoms with Crippen LogP contribution in [-0.2, 0) is 4.79 Å². The fraction of sp³-hybridized carbons (Fsp3) is 0.333. The Morgan fingerprint density at radius 2 is 1.86 bits per heavy atom. The number of rotatable bonds is 7. The third kappa shape index (κ3) is 4.24. The highest BCUT2D eigenvalue weighted by molar-refractivity contribution is 6.01. The molecule has 1 unspecified atom stereocenters. The summed E-state index contributed by atoms with van der Waals surface area (Å²) in [5.41, 5.74) is 0.175. The number of amides is 1. The zero-order valence-electron chi connectivity index (χ0n) is 12.3. The van der Waals surface area contributed by atoms with Gasteiger partial charge in [-0.2, -0.15) is 0 Å². The van der Waals surface area contributed by atoms with Crippen molar-refractivity contribution >= 4 is 11.9 Å². The van der Waals surface area contributed by atoms with Crippen LogP contribution in [0, 0.1) is 0 Å². The number of carboxylic acids is 1. The quantitative estimate of drug-likeness (QED) is 0.749. The number of carbonyl (C=O) groups excluding carboxylic acids is 1. The molecule has 114 valence electrons. The average Bonchev–Trinajstić information content (AvgIpc) is 2.49. The SMILES string of the molecule is C/C=C/CC(NC(=O)c1c(OC)cccc1OC)C(=O)O. The van der Waals surface area contributed by atoms with E-state index < -0.39 is 17.9 Å². The normalized spacial score (nSPS) is 12.0. The zero-order valence-corrected chi connectivity index (χ0v) is 12.3. The number of allylic oxidation sites excluding steroid dienone is 1. The van der Waals surface area contributed by atoms with Gasteiger partial charge in [0.05, 0.1) is 14.2 Å². The summed E-state index contributed by atoms with van der Waals surface area (Å²) < 4.78 is 10.3. The highest BCUT2D eigenvalue weighted by atomic mass is 16.5. The molecule has 0 radical (unpaired) electrons. The van der Waals surface area contributed by atoms with E-state index in [1.54, 1.807) is 37.3 Å². The second-order valence-electron chi connectivity index (χ2n) is 4.21. The van der Waals surface area contributed by atoms with Crippen LogP contribution < -0.4 is 14.8 Å². The van der Waals surface area contributed by atoms with Gasteiger partial charge in [0.15, 0.2) is 0 Å². The van der Waals surface area contributed by atoms with Crippen molar-refractivity contribution in [3.05, 3.63) is 35.9 Å². The molecule has 1 aromatic carbocycles. The lowest BCUT2D eigenvalue weighted by atomic mass is 10.1. The lowest BCUT2D eigenvalue weighted by molar-refractivity contribution is -0.139. The summed E-state index contributed by atoms with van der Waals surface area (Å²) in [5, 5.41) is 11.6. The third-order valence-corrected chi connectivity index (χ3v) is 2.87. The Morgan fingerprint density at radius 3 is 2.29 bits per heavy atom. The molecular weight excluding hydrogens is 274 g/mol. The largest absolute Gasteiger partial charge is 0.496 e. The van der Waals surface area contributed by atoms with Gasteiger partial charge in [-0.25, -0.2) is 4.79 Å². The van der Waals surface area contributed by atoms with Crippen molar-refractivity contribution in [1.29, 1.82) is 0 Å². The Hall–Kier alpha value is -2.50. The smallest absolute Gasteiger partial charge is 0.326 e. The van der Waals surface area contributed by atoms with E-state index in [0.29, 0.717) is 11.5 Å². The topological polar surface area (TPSA) is 84.9 Å². The predicted octanol–water partition coefficient (Wildman–Crippen LogP) is 1.85. The number of carbonyl (C=O) groups is 2. The predicted molar refractivity (Wildman–Crippen MR) is 77.9 cm³/mol. The van der Waals surface area contributed by atoms with E-state index in [-0.39, 0.29) is 12.0 Å². The van der Waals surface area contributed by atoms with Gasteiger partial charge in [-0.3, -0.25) is 4.79 Å². The minimum absolute atomic E-state index is 0.175. The maximum atomic E-state index is 12.3. The molecule has 0 aliphatic rings. The van der Waals surface area contributed by atoms with Crippen LogP contribution in [0.4, 0.5) is 0 Å². The first-order chi connectivity index (χ1) is 10.0. The van der Waals surface area contributed by atoms with Crippen LogP contribution in [0.2, 0.25) is 0 Å². The number of hydrogen-bond donors (Lipinski definition) is 2. The average molecular weight is 293 g/mol. The highest BCUT2D eigenvalue weighted by Crippen LogP contribution is 2.28. The molecule has 6 heteroatoms. The van der Waals surface area contributed by atoms with Gasteiger partial charge in [0.1, 0.15) is 23.1 Å². The first-order valence-corrected chi connectivity index (χ1v) is 6.41. The van der Waals surface area contributed by atoms with Crippen molar-refractivity contribution in [1.82, 2.24) is 5.32 Å². The van der Waals surface area contributed by atoms with E-state index in [2.05, 4.69) is 5.32 Å². The Morgan fingerprint density at radius 1 is 1.29 bits per heavy atom. The van der Waals surface area contributed by atoms with E-state index in [1.807, 2.05) is 0 Å². The lowest BCUT2D eigenvalue weighted by Crippen LogP contribution is -2.40. The Balaban J connectivity index is 3.04. The van der Waals surface area contributed by atoms with E-state index in [4.69, 9.17) is 14.6 Å². The van der Waals surface area contributed by atoms with Crippen LogP contribution in [0.15, 0.2) is 30.4 Å². The van der Waals surface area contributed by atoms with Crippen molar-refractivity contribution < 1.29 is 24.2 Å². The zero-order chi connectivity index (χ0) is 15.8. The first-order valence-electron chi connectivity index (χ1n) is 6.41. The molecule has 1 amide bonds. The van der Waals surface area contributed by atoms with Gasteiger partial charge in [-0.1, -0.05) is 18.2 Å². The molecule has 0 aromatic heterocycles. The summed E-state index contributed by atoms with van der Waals surface area (Å²) in [4.78, 5) is 23.5. The third-order valence-electron chi connectivity index (χ3n) is 2.87. The second-order valence-corrected chi connectivity index (χ2v) is 4.21. The Kier molecular flexibility index (Phi) is 6.26. The molecule has 2 N–H and O–H groups in total. The number of carboxylic acid groups (broad SMARTS) is 1. The van der Waals surface area contributed by atoms with Crippen LogP contribution in [0.25, 0.3) is 0 Å². The molecule has 1 atom stereocenters. The summed E-state index contributed by atoms with van der Waals surface area (Å²) in [5.74, 6) is -1.01. The van der Waals surface area contributed by atoms with Crippen molar-refractivity contribution in [3.63, 3.8) is 0 Å². The molecule has 0 saturated heterocycles. The molecule has 1 rings (SSSR count). The number of methoxy groups -OCH3 is 2. The Labute approximate surface area is 123 Å². The lowest BCUT2D eigenvalue weighted by Gasteiger charge is -2.16. The second kappa shape index (κ2) is 7.94.